The van der Waals surface area contributed by atoms with E-state index in [1.165, 1.54) is 6.21 Å². The fourth-order valence-electron chi connectivity index (χ4n) is 2.94. The summed E-state index contributed by atoms with van der Waals surface area (Å²) in [6, 6.07) is 14.6. The monoisotopic (exact) mass is 367 g/mol. The molecular formula is C20H21N3O4. The third-order valence-corrected chi connectivity index (χ3v) is 4.36. The standard InChI is InChI=1S/C20H21N3O4/c1-26-17-9-8-14(10-18(17)27-2)12-21-22-20(25)15-11-19(24)23(13-15)16-6-4-3-5-7-16/h3-10,12,15H,11,13H2,1-2H3,(H,22,25)/b21-12+. The second-order valence-electron chi connectivity index (χ2n) is 6.09. The maximum atomic E-state index is 12.3. The summed E-state index contributed by atoms with van der Waals surface area (Å²) in [7, 11) is 3.11. The Labute approximate surface area is 157 Å². The molecule has 0 aromatic heterocycles. The molecule has 2 aromatic rings. The van der Waals surface area contributed by atoms with Crippen LogP contribution in [0, 0.1) is 5.92 Å². The lowest BCUT2D eigenvalue weighted by Crippen LogP contribution is -2.30. The Morgan fingerprint density at radius 3 is 2.59 bits per heavy atom. The summed E-state index contributed by atoms with van der Waals surface area (Å²) in [6.07, 6.45) is 1.69. The Bertz CT molecular complexity index is 852. The van der Waals surface area contributed by atoms with Crippen LogP contribution in [-0.4, -0.2) is 38.8 Å². The number of benzene rings is 2. The van der Waals surface area contributed by atoms with Gasteiger partial charge in [-0.15, -0.1) is 0 Å². The lowest BCUT2D eigenvalue weighted by molar-refractivity contribution is -0.126. The van der Waals surface area contributed by atoms with Crippen molar-refractivity contribution in [3.05, 3.63) is 54.1 Å². The molecule has 0 radical (unpaired) electrons. The molecule has 1 unspecified atom stereocenters. The summed E-state index contributed by atoms with van der Waals surface area (Å²) in [6.45, 7) is 0.348. The number of hydrazone groups is 1. The van der Waals surface area contributed by atoms with Crippen molar-refractivity contribution >= 4 is 23.7 Å². The SMILES string of the molecule is COc1ccc(/C=N/NC(=O)C2CC(=O)N(c3ccccc3)C2)cc1OC. The minimum Gasteiger partial charge on any atom is -0.493 e. The predicted molar refractivity (Wildman–Crippen MR) is 102 cm³/mol. The molecule has 1 atom stereocenters. The summed E-state index contributed by atoms with van der Waals surface area (Å²) < 4.78 is 10.4. The van der Waals surface area contributed by atoms with E-state index in [0.29, 0.717) is 18.0 Å². The van der Waals surface area contributed by atoms with Crippen molar-refractivity contribution in [1.29, 1.82) is 0 Å². The first-order chi connectivity index (χ1) is 13.1. The smallest absolute Gasteiger partial charge is 0.245 e. The van der Waals surface area contributed by atoms with Gasteiger partial charge in [0.2, 0.25) is 11.8 Å². The van der Waals surface area contributed by atoms with Crippen LogP contribution in [0.2, 0.25) is 0 Å². The molecule has 0 saturated carbocycles. The topological polar surface area (TPSA) is 80.2 Å². The Balaban J connectivity index is 1.60. The van der Waals surface area contributed by atoms with E-state index in [2.05, 4.69) is 10.5 Å². The third-order valence-electron chi connectivity index (χ3n) is 4.36. The molecule has 1 heterocycles. The number of hydrogen-bond donors (Lipinski definition) is 1. The van der Waals surface area contributed by atoms with Gasteiger partial charge in [-0.1, -0.05) is 18.2 Å². The van der Waals surface area contributed by atoms with E-state index in [4.69, 9.17) is 9.47 Å². The van der Waals surface area contributed by atoms with E-state index in [1.54, 1.807) is 37.3 Å². The van der Waals surface area contributed by atoms with Crippen LogP contribution in [0.4, 0.5) is 5.69 Å². The molecule has 3 rings (SSSR count). The maximum Gasteiger partial charge on any atom is 0.245 e. The molecule has 7 nitrogen and oxygen atoms in total. The number of nitrogens with zero attached hydrogens (tertiary/aromatic N) is 2. The molecule has 1 N–H and O–H groups in total. The lowest BCUT2D eigenvalue weighted by Gasteiger charge is -2.16. The quantitative estimate of drug-likeness (QED) is 0.627. The van der Waals surface area contributed by atoms with E-state index in [9.17, 15) is 9.59 Å². The number of rotatable bonds is 6. The highest BCUT2D eigenvalue weighted by atomic mass is 16.5. The summed E-state index contributed by atoms with van der Waals surface area (Å²) in [4.78, 5) is 26.2. The molecule has 1 aliphatic rings. The van der Waals surface area contributed by atoms with Gasteiger partial charge in [-0.2, -0.15) is 5.10 Å². The van der Waals surface area contributed by atoms with Gasteiger partial charge in [0.05, 0.1) is 26.4 Å². The van der Waals surface area contributed by atoms with Crippen molar-refractivity contribution in [2.24, 2.45) is 11.0 Å². The number of nitrogens with one attached hydrogen (secondary N) is 1. The zero-order chi connectivity index (χ0) is 19.2. The first kappa shape index (κ1) is 18.4. The second-order valence-corrected chi connectivity index (χ2v) is 6.09. The van der Waals surface area contributed by atoms with Gasteiger partial charge in [0, 0.05) is 18.7 Å². The summed E-state index contributed by atoms with van der Waals surface area (Å²) >= 11 is 0. The molecule has 27 heavy (non-hydrogen) atoms. The van der Waals surface area contributed by atoms with Crippen molar-refractivity contribution in [2.75, 3.05) is 25.7 Å². The molecule has 1 saturated heterocycles. The van der Waals surface area contributed by atoms with Crippen molar-refractivity contribution in [3.8, 4) is 11.5 Å². The van der Waals surface area contributed by atoms with Crippen LogP contribution >= 0.6 is 0 Å². The fraction of sp³-hybridized carbons (Fsp3) is 0.250. The Morgan fingerprint density at radius 2 is 1.89 bits per heavy atom. The van der Waals surface area contributed by atoms with Crippen LogP contribution < -0.4 is 19.8 Å². The predicted octanol–water partition coefficient (Wildman–Crippen LogP) is 2.21. The van der Waals surface area contributed by atoms with Gasteiger partial charge in [-0.3, -0.25) is 9.59 Å². The lowest BCUT2D eigenvalue weighted by atomic mass is 10.1. The van der Waals surface area contributed by atoms with Crippen LogP contribution in [0.3, 0.4) is 0 Å². The second kappa shape index (κ2) is 8.35. The number of anilines is 1. The zero-order valence-corrected chi connectivity index (χ0v) is 15.2. The molecule has 7 heteroatoms. The normalized spacial score (nSPS) is 16.6. The average Bonchev–Trinajstić information content (AvgIpc) is 3.10. The number of carbonyl (C=O) groups excluding carboxylic acids is 2. The minimum atomic E-state index is -0.430. The van der Waals surface area contributed by atoms with E-state index in [0.717, 1.165) is 11.3 Å². The van der Waals surface area contributed by atoms with Crippen molar-refractivity contribution < 1.29 is 19.1 Å². The number of methoxy groups -OCH3 is 2. The molecule has 2 amide bonds. The summed E-state index contributed by atoms with van der Waals surface area (Å²) in [5.41, 5.74) is 4.06. The Morgan fingerprint density at radius 1 is 1.15 bits per heavy atom. The number of ether oxygens (including phenoxy) is 2. The minimum absolute atomic E-state index is 0.0646. The molecule has 2 aromatic carbocycles. The summed E-state index contributed by atoms with van der Waals surface area (Å²) in [5, 5.41) is 3.99. The van der Waals surface area contributed by atoms with Gasteiger partial charge in [-0.25, -0.2) is 5.43 Å². The zero-order valence-electron chi connectivity index (χ0n) is 15.2. The van der Waals surface area contributed by atoms with E-state index in [1.807, 2.05) is 30.3 Å². The van der Waals surface area contributed by atoms with Crippen LogP contribution in [0.1, 0.15) is 12.0 Å². The molecule has 1 aliphatic heterocycles. The van der Waals surface area contributed by atoms with Gasteiger partial charge in [0.15, 0.2) is 11.5 Å². The fourth-order valence-corrected chi connectivity index (χ4v) is 2.94. The van der Waals surface area contributed by atoms with Crippen molar-refractivity contribution in [3.63, 3.8) is 0 Å². The largest absolute Gasteiger partial charge is 0.493 e. The number of amides is 2. The van der Waals surface area contributed by atoms with Crippen LogP contribution in [0.5, 0.6) is 11.5 Å². The molecular weight excluding hydrogens is 346 g/mol. The highest BCUT2D eigenvalue weighted by molar-refractivity contribution is 6.00. The van der Waals surface area contributed by atoms with E-state index >= 15 is 0 Å². The number of hydrogen-bond acceptors (Lipinski definition) is 5. The molecule has 0 spiro atoms. The highest BCUT2D eigenvalue weighted by Crippen LogP contribution is 2.27. The Hall–Kier alpha value is -3.35. The molecule has 1 fully saturated rings. The molecule has 0 bridgehead atoms. The van der Waals surface area contributed by atoms with Crippen LogP contribution in [0.15, 0.2) is 53.6 Å². The maximum absolute atomic E-state index is 12.3. The van der Waals surface area contributed by atoms with Crippen molar-refractivity contribution in [2.45, 2.75) is 6.42 Å². The summed E-state index contributed by atoms with van der Waals surface area (Å²) in [5.74, 6) is 0.417. The van der Waals surface area contributed by atoms with Crippen LogP contribution in [0.25, 0.3) is 0 Å². The molecule has 140 valence electrons. The van der Waals surface area contributed by atoms with E-state index in [-0.39, 0.29) is 18.2 Å². The third kappa shape index (κ3) is 4.25. The van der Waals surface area contributed by atoms with Gasteiger partial charge in [0.25, 0.3) is 0 Å². The first-order valence-corrected chi connectivity index (χ1v) is 8.52. The average molecular weight is 367 g/mol. The number of carbonyl (C=O) groups is 2. The number of para-hydroxylation sites is 1. The van der Waals surface area contributed by atoms with Crippen molar-refractivity contribution in [1.82, 2.24) is 5.43 Å². The highest BCUT2D eigenvalue weighted by Gasteiger charge is 2.34. The van der Waals surface area contributed by atoms with Gasteiger partial charge < -0.3 is 14.4 Å². The van der Waals surface area contributed by atoms with Crippen LogP contribution in [-0.2, 0) is 9.59 Å². The Kier molecular flexibility index (Phi) is 5.71. The van der Waals surface area contributed by atoms with E-state index < -0.39 is 5.92 Å². The molecule has 0 aliphatic carbocycles. The van der Waals surface area contributed by atoms with Gasteiger partial charge >= 0.3 is 0 Å². The van der Waals surface area contributed by atoms with Gasteiger partial charge in [-0.05, 0) is 35.9 Å². The van der Waals surface area contributed by atoms with Gasteiger partial charge in [0.1, 0.15) is 0 Å². The first-order valence-electron chi connectivity index (χ1n) is 8.52.